The van der Waals surface area contributed by atoms with Gasteiger partial charge < -0.3 is 0 Å². The normalized spacial score (nSPS) is 6.29. The quantitative estimate of drug-likeness (QED) is 0.319. The minimum atomic E-state index is 1.12. The maximum absolute atomic E-state index is 3.60. The van der Waals surface area contributed by atoms with Crippen LogP contribution in [0.3, 0.4) is 0 Å². The van der Waals surface area contributed by atoms with Crippen LogP contribution in [-0.2, 0) is 0 Å². The summed E-state index contributed by atoms with van der Waals surface area (Å²) in [5.41, 5.74) is 0. The third kappa shape index (κ3) is 5.67. The lowest BCUT2D eigenvalue weighted by Gasteiger charge is -1.75. The van der Waals surface area contributed by atoms with Crippen LogP contribution >= 0.6 is 0 Å². The summed E-state index contributed by atoms with van der Waals surface area (Å²) in [5, 5.41) is 0. The molecule has 0 saturated heterocycles. The molecule has 0 amide bonds. The fourth-order valence-corrected chi connectivity index (χ4v) is 0.407. The number of rotatable bonds is 4. The van der Waals surface area contributed by atoms with Crippen molar-refractivity contribution in [1.82, 2.24) is 0 Å². The Hall–Kier alpha value is -0.325. The second kappa shape index (κ2) is 5.67. The predicted molar refractivity (Wildman–Crippen MR) is 41.8 cm³/mol. The van der Waals surface area contributed by atoms with Crippen LogP contribution in [0.4, 0.5) is 0 Å². The molecule has 3 heteroatoms. The number of hydrogen-bond donors (Lipinski definition) is 0. The van der Waals surface area contributed by atoms with E-state index in [2.05, 4.69) is 13.2 Å². The van der Waals surface area contributed by atoms with Gasteiger partial charge in [0.2, 0.25) is 0 Å². The van der Waals surface area contributed by atoms with Crippen molar-refractivity contribution in [1.29, 1.82) is 0 Å². The lowest BCUT2D eigenvalue weighted by Crippen LogP contribution is -2.07. The molecule has 34 valence electrons. The van der Waals surface area contributed by atoms with Crippen molar-refractivity contribution in [2.24, 2.45) is 0 Å². The monoisotopic (exact) mass is 90.1 g/mol. The van der Waals surface area contributed by atoms with Gasteiger partial charge >= 0.3 is 0 Å². The van der Waals surface area contributed by atoms with Gasteiger partial charge in [-0.05, 0) is 0 Å². The van der Waals surface area contributed by atoms with E-state index in [0.717, 1.165) is 14.3 Å². The lowest BCUT2D eigenvalue weighted by molar-refractivity contribution is 2.58. The van der Waals surface area contributed by atoms with Gasteiger partial charge in [-0.3, -0.25) is 0 Å². The minimum absolute atomic E-state index is 1.12. The molecule has 0 aromatic rings. The van der Waals surface area contributed by atoms with Crippen molar-refractivity contribution >= 4 is 21.4 Å². The van der Waals surface area contributed by atoms with Crippen LogP contribution in [0.5, 0.6) is 0 Å². The van der Waals surface area contributed by atoms with Crippen LogP contribution in [0.2, 0.25) is 0 Å². The molecule has 0 saturated carbocycles. The van der Waals surface area contributed by atoms with E-state index in [9.17, 15) is 0 Å². The fourth-order valence-electron chi connectivity index (χ4n) is 0.407. The smallest absolute Gasteiger partial charge is 0.105 e. The molecular weight excluding hydrogens is 80.5 g/mol. The van der Waals surface area contributed by atoms with Crippen molar-refractivity contribution in [2.75, 3.05) is 0 Å². The van der Waals surface area contributed by atoms with E-state index in [1.165, 1.54) is 7.06 Å². The van der Waals surface area contributed by atoms with Crippen molar-refractivity contribution in [3.05, 3.63) is 25.1 Å². The molecule has 0 unspecified atom stereocenters. The van der Waals surface area contributed by atoms with Crippen LogP contribution in [0.15, 0.2) is 25.1 Å². The summed E-state index contributed by atoms with van der Waals surface area (Å²) in [6.07, 6.45) is 0. The van der Waals surface area contributed by atoms with Gasteiger partial charge in [0.1, 0.15) is 14.3 Å². The van der Waals surface area contributed by atoms with Gasteiger partial charge in [0.25, 0.3) is 0 Å². The molecule has 0 aromatic carbocycles. The van der Waals surface area contributed by atoms with Gasteiger partial charge in [0.15, 0.2) is 0 Å². The van der Waals surface area contributed by atoms with Crippen LogP contribution in [0.25, 0.3) is 0 Å². The topological polar surface area (TPSA) is 0 Å². The Balaban J connectivity index is 2.68. The Bertz CT molecular complexity index is 52.0. The zero-order valence-corrected chi connectivity index (χ0v) is 4.69. The molecule has 0 radical (unpaired) electrons. The van der Waals surface area contributed by atoms with E-state index < -0.39 is 0 Å². The lowest BCUT2D eigenvalue weighted by atomic mass is 9.20. The molecule has 0 fully saturated rings. The Labute approximate surface area is 47.4 Å². The third-order valence-electron chi connectivity index (χ3n) is 0.816. The van der Waals surface area contributed by atoms with E-state index in [-0.39, 0.29) is 0 Å². The van der Waals surface area contributed by atoms with Gasteiger partial charge in [0.05, 0.1) is 7.06 Å². The van der Waals surface area contributed by atoms with Gasteiger partial charge in [-0.2, -0.15) is 0 Å². The van der Waals surface area contributed by atoms with E-state index in [1.54, 1.807) is 0 Å². The highest BCUT2D eigenvalue weighted by atomic mass is 13.1. The zero-order chi connectivity index (χ0) is 5.54. The SMILES string of the molecule is C=CBBBC=C. The Morgan fingerprint density at radius 3 is 1.71 bits per heavy atom. The highest BCUT2D eigenvalue weighted by Crippen LogP contribution is 1.58. The standard InChI is InChI=1S/C4H9B3/c1-3-5-7-6-4-2/h3-7H,1-2H2. The average molecular weight is 89.6 g/mol. The summed E-state index contributed by atoms with van der Waals surface area (Å²) in [7, 11) is 3.44. The van der Waals surface area contributed by atoms with E-state index >= 15 is 0 Å². The molecule has 0 aliphatic heterocycles. The molecule has 0 spiro atoms. The van der Waals surface area contributed by atoms with Crippen molar-refractivity contribution in [3.8, 4) is 0 Å². The molecule has 0 rings (SSSR count). The molecule has 0 aliphatic rings. The van der Waals surface area contributed by atoms with Gasteiger partial charge in [-0.15, -0.1) is 25.1 Å². The first kappa shape index (κ1) is 6.67. The van der Waals surface area contributed by atoms with E-state index in [0.29, 0.717) is 0 Å². The zero-order valence-electron chi connectivity index (χ0n) is 4.69. The highest BCUT2D eigenvalue weighted by Gasteiger charge is 1.83. The Morgan fingerprint density at radius 1 is 1.00 bits per heavy atom. The van der Waals surface area contributed by atoms with Gasteiger partial charge in [0, 0.05) is 0 Å². The molecule has 0 N–H and O–H groups in total. The van der Waals surface area contributed by atoms with Crippen LogP contribution in [-0.4, -0.2) is 21.4 Å². The van der Waals surface area contributed by atoms with Crippen LogP contribution in [0.1, 0.15) is 0 Å². The second-order valence-electron chi connectivity index (χ2n) is 1.51. The molecule has 0 heterocycles. The second-order valence-corrected chi connectivity index (χ2v) is 1.51. The first-order valence-electron chi connectivity index (χ1n) is 2.63. The first-order chi connectivity index (χ1) is 3.41. The van der Waals surface area contributed by atoms with Crippen molar-refractivity contribution in [3.63, 3.8) is 0 Å². The number of hydrogen-bond acceptors (Lipinski definition) is 0. The van der Waals surface area contributed by atoms with E-state index in [4.69, 9.17) is 0 Å². The fraction of sp³-hybridized carbons (Fsp3) is 0. The third-order valence-corrected chi connectivity index (χ3v) is 0.816. The van der Waals surface area contributed by atoms with E-state index in [1.807, 2.05) is 12.0 Å². The average Bonchev–Trinajstić information content (AvgIpc) is 1.69. The molecule has 0 aliphatic carbocycles. The molecule has 0 nitrogen and oxygen atoms in total. The van der Waals surface area contributed by atoms with Gasteiger partial charge in [-0.25, -0.2) is 0 Å². The molecule has 0 atom stereocenters. The highest BCUT2D eigenvalue weighted by molar-refractivity contribution is 7.31. The van der Waals surface area contributed by atoms with Crippen molar-refractivity contribution < 1.29 is 0 Å². The predicted octanol–water partition coefficient (Wildman–Crippen LogP) is -0.587. The largest absolute Gasteiger partial charge is 0.136 e. The summed E-state index contributed by atoms with van der Waals surface area (Å²) in [4.78, 5) is 0. The summed E-state index contributed by atoms with van der Waals surface area (Å²) in [6.45, 7) is 7.20. The molecular formula is C4H9B3. The summed E-state index contributed by atoms with van der Waals surface area (Å²) in [5.74, 6) is 3.87. The van der Waals surface area contributed by atoms with Crippen molar-refractivity contribution in [2.45, 2.75) is 0 Å². The first-order valence-corrected chi connectivity index (χ1v) is 2.63. The van der Waals surface area contributed by atoms with Gasteiger partial charge in [-0.1, -0.05) is 0 Å². The molecule has 0 aromatic heterocycles. The maximum Gasteiger partial charge on any atom is 0.105 e. The Kier molecular flexibility index (Phi) is 5.41. The molecule has 7 heavy (non-hydrogen) atoms. The summed E-state index contributed by atoms with van der Waals surface area (Å²) >= 11 is 0. The van der Waals surface area contributed by atoms with Crippen LogP contribution in [0, 0.1) is 0 Å². The Morgan fingerprint density at radius 2 is 1.43 bits per heavy atom. The van der Waals surface area contributed by atoms with Crippen LogP contribution < -0.4 is 0 Å². The summed E-state index contributed by atoms with van der Waals surface area (Å²) in [6, 6.07) is 0. The minimum Gasteiger partial charge on any atom is -0.136 e. The maximum atomic E-state index is 3.60. The molecule has 0 bridgehead atoms. The summed E-state index contributed by atoms with van der Waals surface area (Å²) < 4.78 is 0.